The van der Waals surface area contributed by atoms with Crippen LogP contribution in [0, 0.1) is 0 Å². The summed E-state index contributed by atoms with van der Waals surface area (Å²) in [5.41, 5.74) is 0. The van der Waals surface area contributed by atoms with E-state index >= 15 is 0 Å². The maximum atomic E-state index is 12.8. The smallest absolute Gasteiger partial charge is 0.306 e. The second-order valence-electron chi connectivity index (χ2n) is 17.7. The average Bonchev–Trinajstić information content (AvgIpc) is 3.33. The van der Waals surface area contributed by atoms with Crippen LogP contribution in [0.5, 0.6) is 0 Å². The topological polar surface area (TPSA) is 78.9 Å². The molecule has 380 valence electrons. The van der Waals surface area contributed by atoms with Gasteiger partial charge in [0.25, 0.3) is 0 Å². The highest BCUT2D eigenvalue weighted by Gasteiger charge is 2.19. The van der Waals surface area contributed by atoms with Crippen LogP contribution < -0.4 is 0 Å². The van der Waals surface area contributed by atoms with Crippen molar-refractivity contribution in [3.8, 4) is 0 Å². The molecule has 0 aromatic carbocycles. The third-order valence-electron chi connectivity index (χ3n) is 11.2. The lowest BCUT2D eigenvalue weighted by atomic mass is 10.1. The second kappa shape index (κ2) is 54.7. The molecule has 0 radical (unpaired) electrons. The van der Waals surface area contributed by atoms with Crippen molar-refractivity contribution in [2.45, 2.75) is 245 Å². The van der Waals surface area contributed by atoms with Crippen molar-refractivity contribution in [3.63, 3.8) is 0 Å². The van der Waals surface area contributed by atoms with E-state index in [9.17, 15) is 14.4 Å². The first-order valence-corrected chi connectivity index (χ1v) is 27.4. The molecular formula is C61H100O6. The van der Waals surface area contributed by atoms with Gasteiger partial charge in [-0.1, -0.05) is 214 Å². The number of ether oxygens (including phenoxy) is 3. The van der Waals surface area contributed by atoms with Crippen LogP contribution in [0.15, 0.2) is 109 Å². The van der Waals surface area contributed by atoms with E-state index in [1.807, 2.05) is 0 Å². The molecule has 0 rings (SSSR count). The number of carbonyl (C=O) groups is 3. The summed E-state index contributed by atoms with van der Waals surface area (Å²) < 4.78 is 16.8. The number of hydrogen-bond acceptors (Lipinski definition) is 6. The standard InChI is InChI=1S/C61H100O6/c1-4-7-10-13-16-19-22-24-26-27-28-29-30-31-32-33-34-35-36-38-39-42-45-48-51-54-60(63)66-57-58(56-65-59(62)53-50-47-44-41-21-18-15-12-9-6-3)67-61(64)55-52-49-46-43-40-37-25-23-20-17-14-11-8-5-2/h7,10,12,14-17,19,23-26,28-29,31-32,34-35,58H,4-6,8-9,11,13,18,20-22,27,30,33,36-57H2,1-3H3/b10-7-,15-12-,17-14-,19-16-,25-23-,26-24-,29-28-,32-31-,35-34-. The van der Waals surface area contributed by atoms with Gasteiger partial charge in [0.15, 0.2) is 6.10 Å². The third kappa shape index (κ3) is 52.9. The molecule has 0 aliphatic heterocycles. The number of esters is 3. The van der Waals surface area contributed by atoms with Crippen LogP contribution in [0.2, 0.25) is 0 Å². The zero-order chi connectivity index (χ0) is 48.6. The number of hydrogen-bond donors (Lipinski definition) is 0. The van der Waals surface area contributed by atoms with Crippen LogP contribution in [0.4, 0.5) is 0 Å². The molecule has 0 fully saturated rings. The minimum Gasteiger partial charge on any atom is -0.462 e. The van der Waals surface area contributed by atoms with E-state index in [0.29, 0.717) is 19.3 Å². The zero-order valence-corrected chi connectivity index (χ0v) is 43.4. The first-order chi connectivity index (χ1) is 33.0. The van der Waals surface area contributed by atoms with Gasteiger partial charge in [0.05, 0.1) is 0 Å². The van der Waals surface area contributed by atoms with Crippen molar-refractivity contribution < 1.29 is 28.6 Å². The van der Waals surface area contributed by atoms with Gasteiger partial charge in [0, 0.05) is 19.3 Å². The van der Waals surface area contributed by atoms with Crippen LogP contribution in [-0.4, -0.2) is 37.2 Å². The Morgan fingerprint density at radius 3 is 0.985 bits per heavy atom. The number of carbonyl (C=O) groups excluding carboxylic acids is 3. The van der Waals surface area contributed by atoms with Gasteiger partial charge >= 0.3 is 17.9 Å². The van der Waals surface area contributed by atoms with Gasteiger partial charge in [0.1, 0.15) is 13.2 Å². The Hall–Kier alpha value is -3.93. The summed E-state index contributed by atoms with van der Waals surface area (Å²) in [5.74, 6) is -0.938. The van der Waals surface area contributed by atoms with Crippen LogP contribution in [0.1, 0.15) is 239 Å². The summed E-state index contributed by atoms with van der Waals surface area (Å²) in [7, 11) is 0. The van der Waals surface area contributed by atoms with Crippen LogP contribution >= 0.6 is 0 Å². The van der Waals surface area contributed by atoms with Gasteiger partial charge in [-0.25, -0.2) is 0 Å². The molecule has 67 heavy (non-hydrogen) atoms. The fourth-order valence-corrected chi connectivity index (χ4v) is 7.11. The molecule has 0 saturated carbocycles. The Morgan fingerprint density at radius 1 is 0.313 bits per heavy atom. The van der Waals surface area contributed by atoms with E-state index in [-0.39, 0.29) is 31.1 Å². The van der Waals surface area contributed by atoms with Gasteiger partial charge in [-0.05, 0) is 116 Å². The van der Waals surface area contributed by atoms with Crippen molar-refractivity contribution in [1.82, 2.24) is 0 Å². The van der Waals surface area contributed by atoms with Gasteiger partial charge in [-0.15, -0.1) is 0 Å². The highest BCUT2D eigenvalue weighted by atomic mass is 16.6. The largest absolute Gasteiger partial charge is 0.462 e. The molecule has 0 bridgehead atoms. The molecular weight excluding hydrogens is 829 g/mol. The summed E-state index contributed by atoms with van der Waals surface area (Å²) in [4.78, 5) is 38.0. The predicted molar refractivity (Wildman–Crippen MR) is 288 cm³/mol. The van der Waals surface area contributed by atoms with Crippen molar-refractivity contribution >= 4 is 17.9 Å². The minimum atomic E-state index is -0.796. The monoisotopic (exact) mass is 929 g/mol. The molecule has 0 aromatic heterocycles. The summed E-state index contributed by atoms with van der Waals surface area (Å²) >= 11 is 0. The molecule has 1 unspecified atom stereocenters. The molecule has 0 N–H and O–H groups in total. The maximum Gasteiger partial charge on any atom is 0.306 e. The number of unbranched alkanes of at least 4 members (excludes halogenated alkanes) is 19. The zero-order valence-electron chi connectivity index (χ0n) is 43.4. The number of allylic oxidation sites excluding steroid dienone is 18. The fraction of sp³-hybridized carbons (Fsp3) is 0.656. The van der Waals surface area contributed by atoms with E-state index in [0.717, 1.165) is 154 Å². The lowest BCUT2D eigenvalue weighted by Gasteiger charge is -2.18. The van der Waals surface area contributed by atoms with E-state index in [4.69, 9.17) is 14.2 Å². The molecule has 6 nitrogen and oxygen atoms in total. The van der Waals surface area contributed by atoms with E-state index in [2.05, 4.69) is 130 Å². The Morgan fingerprint density at radius 2 is 0.612 bits per heavy atom. The van der Waals surface area contributed by atoms with Crippen molar-refractivity contribution in [2.75, 3.05) is 13.2 Å². The molecule has 0 heterocycles. The lowest BCUT2D eigenvalue weighted by molar-refractivity contribution is -0.167. The van der Waals surface area contributed by atoms with Crippen LogP contribution in [-0.2, 0) is 28.6 Å². The van der Waals surface area contributed by atoms with Crippen molar-refractivity contribution in [2.24, 2.45) is 0 Å². The van der Waals surface area contributed by atoms with Gasteiger partial charge in [-0.3, -0.25) is 14.4 Å². The Kier molecular flexibility index (Phi) is 51.5. The van der Waals surface area contributed by atoms with Gasteiger partial charge < -0.3 is 14.2 Å². The van der Waals surface area contributed by atoms with Crippen molar-refractivity contribution in [3.05, 3.63) is 109 Å². The Balaban J connectivity index is 4.34. The molecule has 0 saturated heterocycles. The normalized spacial score (nSPS) is 12.9. The molecule has 6 heteroatoms. The lowest BCUT2D eigenvalue weighted by Crippen LogP contribution is -2.30. The minimum absolute atomic E-state index is 0.0947. The molecule has 0 amide bonds. The molecule has 0 aliphatic carbocycles. The molecule has 0 aliphatic rings. The van der Waals surface area contributed by atoms with E-state index in [1.54, 1.807) is 0 Å². The molecule has 1 atom stereocenters. The summed E-state index contributed by atoms with van der Waals surface area (Å²) in [5, 5.41) is 0. The average molecular weight is 929 g/mol. The first kappa shape index (κ1) is 63.1. The highest BCUT2D eigenvalue weighted by molar-refractivity contribution is 5.71. The van der Waals surface area contributed by atoms with Crippen molar-refractivity contribution in [1.29, 1.82) is 0 Å². The second-order valence-corrected chi connectivity index (χ2v) is 17.7. The SMILES string of the molecule is CC/C=C\C/C=C\C/C=C\C/C=C\C/C=C\C/C=C\CCCCCCCCC(=O)OCC(COC(=O)CCCCCCC/C=C\CCC)OC(=O)CCCCCCC/C=C\C/C=C\CCCC. The van der Waals surface area contributed by atoms with Gasteiger partial charge in [0.2, 0.25) is 0 Å². The molecule has 0 spiro atoms. The van der Waals surface area contributed by atoms with E-state index < -0.39 is 6.10 Å². The highest BCUT2D eigenvalue weighted by Crippen LogP contribution is 2.13. The van der Waals surface area contributed by atoms with Crippen LogP contribution in [0.3, 0.4) is 0 Å². The Labute approximate surface area is 412 Å². The first-order valence-electron chi connectivity index (χ1n) is 27.4. The quantitative estimate of drug-likeness (QED) is 0.0262. The Bertz CT molecular complexity index is 1390. The maximum absolute atomic E-state index is 12.8. The summed E-state index contributed by atoms with van der Waals surface area (Å²) in [6, 6.07) is 0. The third-order valence-corrected chi connectivity index (χ3v) is 11.2. The molecule has 0 aromatic rings. The van der Waals surface area contributed by atoms with Gasteiger partial charge in [-0.2, -0.15) is 0 Å². The fourth-order valence-electron chi connectivity index (χ4n) is 7.11. The van der Waals surface area contributed by atoms with E-state index in [1.165, 1.54) is 44.9 Å². The van der Waals surface area contributed by atoms with Crippen LogP contribution in [0.25, 0.3) is 0 Å². The summed E-state index contributed by atoms with van der Waals surface area (Å²) in [6.07, 6.45) is 73.6. The predicted octanol–water partition coefficient (Wildman–Crippen LogP) is 18.3. The summed E-state index contributed by atoms with van der Waals surface area (Å²) in [6.45, 7) is 6.38. The number of rotatable bonds is 48.